The molecule has 154 valence electrons. The second kappa shape index (κ2) is 14.7. The number of nitrogens with zero attached hydrogens (tertiary/aromatic N) is 2. The maximum absolute atomic E-state index is 4.41. The molecule has 0 aliphatic carbocycles. The lowest BCUT2D eigenvalue weighted by Gasteiger charge is -2.32. The summed E-state index contributed by atoms with van der Waals surface area (Å²) in [6.45, 7) is 9.30. The first kappa shape index (κ1) is 23.1. The van der Waals surface area contributed by atoms with Crippen LogP contribution in [0.25, 0.3) is 0 Å². The van der Waals surface area contributed by atoms with E-state index in [0.717, 1.165) is 43.6 Å². The van der Waals surface area contributed by atoms with Crippen LogP contribution in [0.2, 0.25) is 0 Å². The lowest BCUT2D eigenvalue weighted by Crippen LogP contribution is -2.35. The van der Waals surface area contributed by atoms with Crippen LogP contribution < -0.4 is 5.32 Å². The normalized spacial score (nSPS) is 16.3. The molecular formula is C22H39N3S2. The molecule has 2 rings (SSSR count). The Kier molecular flexibility index (Phi) is 12.6. The molecule has 0 atom stereocenters. The van der Waals surface area contributed by atoms with E-state index in [1.165, 1.54) is 63.8 Å². The van der Waals surface area contributed by atoms with E-state index in [2.05, 4.69) is 70.7 Å². The second-order valence-electron chi connectivity index (χ2n) is 7.63. The van der Waals surface area contributed by atoms with E-state index in [-0.39, 0.29) is 0 Å². The number of thiol groups is 2. The molecule has 0 aromatic heterocycles. The van der Waals surface area contributed by atoms with Gasteiger partial charge in [0.2, 0.25) is 0 Å². The van der Waals surface area contributed by atoms with Gasteiger partial charge in [-0.15, -0.1) is 0 Å². The zero-order valence-corrected chi connectivity index (χ0v) is 18.6. The number of hydrogen-bond donors (Lipinski definition) is 3. The maximum Gasteiger partial charge on any atom is 0.0107 e. The molecule has 0 bridgehead atoms. The van der Waals surface area contributed by atoms with Gasteiger partial charge in [0, 0.05) is 37.7 Å². The number of benzene rings is 1. The number of likely N-dealkylation sites (tertiary alicyclic amines) is 1. The van der Waals surface area contributed by atoms with Crippen LogP contribution in [0.1, 0.15) is 43.6 Å². The summed E-state index contributed by atoms with van der Waals surface area (Å²) in [5, 5.41) is 3.43. The molecule has 0 spiro atoms. The van der Waals surface area contributed by atoms with Crippen LogP contribution in [0.4, 0.5) is 0 Å². The van der Waals surface area contributed by atoms with E-state index in [9.17, 15) is 0 Å². The average Bonchev–Trinajstić information content (AvgIpc) is 2.72. The molecule has 0 radical (unpaired) electrons. The Hall–Kier alpha value is -0.200. The molecule has 1 fully saturated rings. The van der Waals surface area contributed by atoms with Gasteiger partial charge in [0.25, 0.3) is 0 Å². The summed E-state index contributed by atoms with van der Waals surface area (Å²) in [4.78, 5) is 5.22. The SMILES string of the molecule is SCCNCCN(CCS)CCCCCN1CCC(c2ccccc2)CC1. The standard InChI is InChI=1S/C22H39N3S2/c26-19-12-23-11-17-25(18-20-27)14-6-2-5-13-24-15-9-22(10-16-24)21-7-3-1-4-8-21/h1,3-4,7-8,22-23,26-27H,2,5-6,9-20H2. The van der Waals surface area contributed by atoms with Crippen molar-refractivity contribution in [2.75, 3.05) is 63.9 Å². The monoisotopic (exact) mass is 409 g/mol. The molecular weight excluding hydrogens is 370 g/mol. The van der Waals surface area contributed by atoms with E-state index >= 15 is 0 Å². The fourth-order valence-corrected chi connectivity index (χ4v) is 4.42. The van der Waals surface area contributed by atoms with Gasteiger partial charge in [0.05, 0.1) is 0 Å². The van der Waals surface area contributed by atoms with E-state index < -0.39 is 0 Å². The summed E-state index contributed by atoms with van der Waals surface area (Å²) in [6.07, 6.45) is 6.62. The zero-order valence-electron chi connectivity index (χ0n) is 16.9. The van der Waals surface area contributed by atoms with E-state index in [0.29, 0.717) is 0 Å². The molecule has 1 aromatic rings. The minimum atomic E-state index is 0.772. The number of rotatable bonds is 14. The number of unbranched alkanes of at least 4 members (excludes halogenated alkanes) is 2. The highest BCUT2D eigenvalue weighted by Crippen LogP contribution is 2.27. The van der Waals surface area contributed by atoms with Gasteiger partial charge < -0.3 is 15.1 Å². The van der Waals surface area contributed by atoms with Gasteiger partial charge in [-0.1, -0.05) is 36.8 Å². The molecule has 1 heterocycles. The van der Waals surface area contributed by atoms with Crippen molar-refractivity contribution in [3.63, 3.8) is 0 Å². The lowest BCUT2D eigenvalue weighted by atomic mass is 9.89. The summed E-state index contributed by atoms with van der Waals surface area (Å²) in [5.41, 5.74) is 1.53. The summed E-state index contributed by atoms with van der Waals surface area (Å²) in [7, 11) is 0. The highest BCUT2D eigenvalue weighted by molar-refractivity contribution is 7.80. The van der Waals surface area contributed by atoms with Crippen molar-refractivity contribution in [3.8, 4) is 0 Å². The van der Waals surface area contributed by atoms with Crippen molar-refractivity contribution in [2.45, 2.75) is 38.0 Å². The molecule has 5 heteroatoms. The minimum absolute atomic E-state index is 0.772. The summed E-state index contributed by atoms with van der Waals surface area (Å²) < 4.78 is 0. The molecule has 1 aromatic carbocycles. The molecule has 0 unspecified atom stereocenters. The van der Waals surface area contributed by atoms with Gasteiger partial charge >= 0.3 is 0 Å². The van der Waals surface area contributed by atoms with Crippen LogP contribution in [0.3, 0.4) is 0 Å². The Balaban J connectivity index is 1.52. The minimum Gasteiger partial charge on any atom is -0.315 e. The molecule has 1 aliphatic heterocycles. The van der Waals surface area contributed by atoms with Crippen molar-refractivity contribution in [1.29, 1.82) is 0 Å². The van der Waals surface area contributed by atoms with E-state index in [1.807, 2.05) is 0 Å². The smallest absolute Gasteiger partial charge is 0.0107 e. The Morgan fingerprint density at radius 1 is 0.889 bits per heavy atom. The predicted molar refractivity (Wildman–Crippen MR) is 126 cm³/mol. The highest BCUT2D eigenvalue weighted by atomic mass is 32.1. The third kappa shape index (κ3) is 9.71. The van der Waals surface area contributed by atoms with Crippen molar-refractivity contribution in [2.24, 2.45) is 0 Å². The molecule has 1 aliphatic rings. The topological polar surface area (TPSA) is 18.5 Å². The zero-order chi connectivity index (χ0) is 19.2. The first-order valence-corrected chi connectivity index (χ1v) is 12.0. The van der Waals surface area contributed by atoms with Crippen LogP contribution in [0.5, 0.6) is 0 Å². The van der Waals surface area contributed by atoms with Crippen LogP contribution in [-0.2, 0) is 0 Å². The predicted octanol–water partition coefficient (Wildman–Crippen LogP) is 3.79. The van der Waals surface area contributed by atoms with Gasteiger partial charge in [-0.3, -0.25) is 0 Å². The maximum atomic E-state index is 4.41. The molecule has 0 amide bonds. The van der Waals surface area contributed by atoms with Gasteiger partial charge in [-0.05, 0) is 63.3 Å². The largest absolute Gasteiger partial charge is 0.315 e. The number of hydrogen-bond acceptors (Lipinski definition) is 5. The third-order valence-corrected chi connectivity index (χ3v) is 6.04. The summed E-state index contributed by atoms with van der Waals surface area (Å²) in [5.74, 6) is 2.63. The number of nitrogens with one attached hydrogen (secondary N) is 1. The van der Waals surface area contributed by atoms with Gasteiger partial charge in [0.15, 0.2) is 0 Å². The van der Waals surface area contributed by atoms with E-state index in [1.54, 1.807) is 0 Å². The molecule has 0 saturated carbocycles. The Morgan fingerprint density at radius 3 is 2.37 bits per heavy atom. The molecule has 1 N–H and O–H groups in total. The summed E-state index contributed by atoms with van der Waals surface area (Å²) in [6, 6.07) is 11.1. The second-order valence-corrected chi connectivity index (χ2v) is 8.52. The summed E-state index contributed by atoms with van der Waals surface area (Å²) >= 11 is 8.65. The van der Waals surface area contributed by atoms with Crippen molar-refractivity contribution >= 4 is 25.3 Å². The van der Waals surface area contributed by atoms with Crippen molar-refractivity contribution < 1.29 is 0 Å². The third-order valence-electron chi connectivity index (χ3n) is 5.62. The van der Waals surface area contributed by atoms with Gasteiger partial charge in [0.1, 0.15) is 0 Å². The quantitative estimate of drug-likeness (QED) is 0.321. The van der Waals surface area contributed by atoms with Crippen LogP contribution in [0, 0.1) is 0 Å². The fraction of sp³-hybridized carbons (Fsp3) is 0.727. The van der Waals surface area contributed by atoms with Crippen molar-refractivity contribution in [1.82, 2.24) is 15.1 Å². The van der Waals surface area contributed by atoms with Gasteiger partial charge in [-0.2, -0.15) is 25.3 Å². The first-order chi connectivity index (χ1) is 13.3. The molecule has 27 heavy (non-hydrogen) atoms. The lowest BCUT2D eigenvalue weighted by molar-refractivity contribution is 0.206. The molecule has 3 nitrogen and oxygen atoms in total. The van der Waals surface area contributed by atoms with Gasteiger partial charge in [-0.25, -0.2) is 0 Å². The first-order valence-electron chi connectivity index (χ1n) is 10.8. The Labute approximate surface area is 178 Å². The van der Waals surface area contributed by atoms with Crippen LogP contribution >= 0.6 is 25.3 Å². The van der Waals surface area contributed by atoms with Crippen LogP contribution in [0.15, 0.2) is 30.3 Å². The molecule has 1 saturated heterocycles. The van der Waals surface area contributed by atoms with Crippen LogP contribution in [-0.4, -0.2) is 73.7 Å². The highest BCUT2D eigenvalue weighted by Gasteiger charge is 2.19. The van der Waals surface area contributed by atoms with Crippen molar-refractivity contribution in [3.05, 3.63) is 35.9 Å². The fourth-order valence-electron chi connectivity index (χ4n) is 3.98. The average molecular weight is 410 g/mol. The Bertz CT molecular complexity index is 464. The van der Waals surface area contributed by atoms with E-state index in [4.69, 9.17) is 0 Å². The number of piperidine rings is 1. The Morgan fingerprint density at radius 2 is 1.67 bits per heavy atom.